The second kappa shape index (κ2) is 4.87. The zero-order valence-electron chi connectivity index (χ0n) is 9.73. The molecule has 0 spiro atoms. The minimum atomic E-state index is -4.25. The van der Waals surface area contributed by atoms with Crippen LogP contribution in [0.4, 0.5) is 13.2 Å². The van der Waals surface area contributed by atoms with Gasteiger partial charge in [0.15, 0.2) is 0 Å². The van der Waals surface area contributed by atoms with Gasteiger partial charge in [0.05, 0.1) is 5.56 Å². The van der Waals surface area contributed by atoms with Gasteiger partial charge in [0.1, 0.15) is 0 Å². The van der Waals surface area contributed by atoms with Crippen LogP contribution < -0.4 is 0 Å². The number of hydrogen-bond donors (Lipinski definition) is 0. The number of likely N-dealkylation sites (N-methyl/N-ethyl adjacent to an activating group) is 1. The summed E-state index contributed by atoms with van der Waals surface area (Å²) < 4.78 is 37.6. The van der Waals surface area contributed by atoms with Gasteiger partial charge in [0.25, 0.3) is 0 Å². The summed E-state index contributed by atoms with van der Waals surface area (Å²) in [5.74, 6) is 0. The number of alkyl halides is 3. The predicted molar refractivity (Wildman–Crippen MR) is 58.4 cm³/mol. The van der Waals surface area contributed by atoms with Crippen molar-refractivity contribution in [1.29, 1.82) is 0 Å². The summed E-state index contributed by atoms with van der Waals surface area (Å²) in [4.78, 5) is 1.95. The molecule has 0 aliphatic rings. The van der Waals surface area contributed by atoms with Gasteiger partial charge < -0.3 is 4.90 Å². The number of halogens is 3. The summed E-state index contributed by atoms with van der Waals surface area (Å²) >= 11 is 0. The molecule has 1 aromatic carbocycles. The van der Waals surface area contributed by atoms with Crippen LogP contribution in [-0.2, 0) is 12.6 Å². The first kappa shape index (κ1) is 13.0. The second-order valence-corrected chi connectivity index (χ2v) is 4.26. The Bertz CT molecular complexity index is 356. The number of aryl methyl sites for hydroxylation is 1. The lowest BCUT2D eigenvalue weighted by molar-refractivity contribution is -0.137. The van der Waals surface area contributed by atoms with Gasteiger partial charge >= 0.3 is 6.18 Å². The maximum Gasteiger partial charge on any atom is 0.416 e. The topological polar surface area (TPSA) is 3.24 Å². The monoisotopic (exact) mass is 231 g/mol. The van der Waals surface area contributed by atoms with Gasteiger partial charge in [0, 0.05) is 6.54 Å². The van der Waals surface area contributed by atoms with Gasteiger partial charge in [-0.2, -0.15) is 13.2 Å². The van der Waals surface area contributed by atoms with Crippen molar-refractivity contribution in [2.45, 2.75) is 19.5 Å². The van der Waals surface area contributed by atoms with Crippen LogP contribution >= 0.6 is 0 Å². The molecule has 0 N–H and O–H groups in total. The molecular weight excluding hydrogens is 215 g/mol. The smallest absolute Gasteiger partial charge is 0.309 e. The molecule has 0 fully saturated rings. The third-order valence-corrected chi connectivity index (χ3v) is 2.31. The van der Waals surface area contributed by atoms with E-state index in [1.807, 2.05) is 19.0 Å². The summed E-state index contributed by atoms with van der Waals surface area (Å²) in [6.07, 6.45) is -3.61. The van der Waals surface area contributed by atoms with E-state index in [-0.39, 0.29) is 0 Å². The highest BCUT2D eigenvalue weighted by Gasteiger charge is 2.30. The summed E-state index contributed by atoms with van der Waals surface area (Å²) in [5.41, 5.74) is 0.839. The highest BCUT2D eigenvalue weighted by atomic mass is 19.4. The van der Waals surface area contributed by atoms with Crippen molar-refractivity contribution in [2.24, 2.45) is 0 Å². The normalized spacial score (nSPS) is 12.2. The summed E-state index contributed by atoms with van der Waals surface area (Å²) in [5, 5.41) is 0. The minimum absolute atomic E-state index is 0.554. The molecule has 0 amide bonds. The van der Waals surface area contributed by atoms with Crippen molar-refractivity contribution >= 4 is 0 Å². The van der Waals surface area contributed by atoms with Gasteiger partial charge in [-0.3, -0.25) is 0 Å². The lowest BCUT2D eigenvalue weighted by atomic mass is 10.0. The van der Waals surface area contributed by atoms with Crippen molar-refractivity contribution < 1.29 is 13.2 Å². The minimum Gasteiger partial charge on any atom is -0.309 e. The highest BCUT2D eigenvalue weighted by Crippen LogP contribution is 2.30. The Morgan fingerprint density at radius 2 is 1.75 bits per heavy atom. The molecule has 0 atom stereocenters. The molecule has 90 valence electrons. The van der Waals surface area contributed by atoms with E-state index in [2.05, 4.69) is 0 Å². The van der Waals surface area contributed by atoms with Crippen molar-refractivity contribution in [3.05, 3.63) is 34.9 Å². The molecule has 16 heavy (non-hydrogen) atoms. The van der Waals surface area contributed by atoms with E-state index in [0.29, 0.717) is 12.0 Å². The Balaban J connectivity index is 2.90. The molecule has 1 rings (SSSR count). The number of benzene rings is 1. The predicted octanol–water partition coefficient (Wildman–Crippen LogP) is 3.12. The molecule has 1 nitrogen and oxygen atoms in total. The van der Waals surface area contributed by atoms with E-state index >= 15 is 0 Å². The van der Waals surface area contributed by atoms with Crippen LogP contribution in [-0.4, -0.2) is 25.5 Å². The van der Waals surface area contributed by atoms with E-state index in [1.165, 1.54) is 12.1 Å². The van der Waals surface area contributed by atoms with E-state index in [0.717, 1.165) is 12.1 Å². The Hall–Kier alpha value is -1.03. The Morgan fingerprint density at radius 3 is 2.25 bits per heavy atom. The Kier molecular flexibility index (Phi) is 3.97. The molecule has 1 aromatic rings. The van der Waals surface area contributed by atoms with Gasteiger partial charge in [-0.1, -0.05) is 11.6 Å². The lowest BCUT2D eigenvalue weighted by Gasteiger charge is -2.13. The van der Waals surface area contributed by atoms with Gasteiger partial charge in [-0.15, -0.1) is 0 Å². The van der Waals surface area contributed by atoms with Crippen LogP contribution in [0.5, 0.6) is 0 Å². The number of rotatable bonds is 3. The molecule has 4 heteroatoms. The van der Waals surface area contributed by atoms with E-state index < -0.39 is 11.7 Å². The van der Waals surface area contributed by atoms with Crippen molar-refractivity contribution in [1.82, 2.24) is 4.90 Å². The average molecular weight is 231 g/mol. The van der Waals surface area contributed by atoms with Crippen LogP contribution in [0.25, 0.3) is 0 Å². The van der Waals surface area contributed by atoms with Crippen molar-refractivity contribution in [3.8, 4) is 0 Å². The summed E-state index contributed by atoms with van der Waals surface area (Å²) in [6, 6.07) is 4.22. The fourth-order valence-electron chi connectivity index (χ4n) is 1.52. The maximum atomic E-state index is 12.5. The fraction of sp³-hybridized carbons (Fsp3) is 0.500. The van der Waals surface area contributed by atoms with Crippen LogP contribution in [0.2, 0.25) is 0 Å². The SMILES string of the molecule is Cc1cc(CCN(C)C)cc(C(F)(F)F)c1. The number of hydrogen-bond acceptors (Lipinski definition) is 1. The molecule has 0 radical (unpaired) electrons. The summed E-state index contributed by atoms with van der Waals surface area (Å²) in [6.45, 7) is 2.44. The molecular formula is C12H16F3N. The summed E-state index contributed by atoms with van der Waals surface area (Å²) in [7, 11) is 3.81. The van der Waals surface area contributed by atoms with Crippen LogP contribution in [0.1, 0.15) is 16.7 Å². The molecule has 0 heterocycles. The molecule has 0 saturated carbocycles. The zero-order chi connectivity index (χ0) is 12.3. The first-order valence-electron chi connectivity index (χ1n) is 5.11. The lowest BCUT2D eigenvalue weighted by Crippen LogP contribution is -2.15. The molecule has 0 aliphatic carbocycles. The largest absolute Gasteiger partial charge is 0.416 e. The van der Waals surface area contributed by atoms with Crippen molar-refractivity contribution in [2.75, 3.05) is 20.6 Å². The van der Waals surface area contributed by atoms with E-state index in [9.17, 15) is 13.2 Å². The third kappa shape index (κ3) is 3.85. The standard InChI is InChI=1S/C12H16F3N/c1-9-6-10(4-5-16(2)3)8-11(7-9)12(13,14)15/h6-8H,4-5H2,1-3H3. The average Bonchev–Trinajstić information content (AvgIpc) is 2.12. The van der Waals surface area contributed by atoms with Crippen LogP contribution in [0.15, 0.2) is 18.2 Å². The van der Waals surface area contributed by atoms with Gasteiger partial charge in [-0.05, 0) is 45.1 Å². The van der Waals surface area contributed by atoms with Gasteiger partial charge in [0.2, 0.25) is 0 Å². The first-order chi connectivity index (χ1) is 7.29. The zero-order valence-corrected chi connectivity index (χ0v) is 9.73. The van der Waals surface area contributed by atoms with Gasteiger partial charge in [-0.25, -0.2) is 0 Å². The molecule has 0 saturated heterocycles. The Labute approximate surface area is 93.9 Å². The molecule has 0 unspecified atom stereocenters. The molecule has 0 aliphatic heterocycles. The van der Waals surface area contributed by atoms with Crippen LogP contribution in [0.3, 0.4) is 0 Å². The maximum absolute atomic E-state index is 12.5. The second-order valence-electron chi connectivity index (χ2n) is 4.26. The molecule has 0 aromatic heterocycles. The van der Waals surface area contributed by atoms with Crippen LogP contribution in [0, 0.1) is 6.92 Å². The van der Waals surface area contributed by atoms with E-state index in [1.54, 1.807) is 13.0 Å². The highest BCUT2D eigenvalue weighted by molar-refractivity contribution is 5.31. The molecule has 0 bridgehead atoms. The first-order valence-corrected chi connectivity index (χ1v) is 5.11. The van der Waals surface area contributed by atoms with Crippen molar-refractivity contribution in [3.63, 3.8) is 0 Å². The quantitative estimate of drug-likeness (QED) is 0.772. The third-order valence-electron chi connectivity index (χ3n) is 2.31. The number of nitrogens with zero attached hydrogens (tertiary/aromatic N) is 1. The Morgan fingerprint density at radius 1 is 1.12 bits per heavy atom. The fourth-order valence-corrected chi connectivity index (χ4v) is 1.52. The van der Waals surface area contributed by atoms with E-state index in [4.69, 9.17) is 0 Å².